The molecule has 2 heterocycles. The van der Waals surface area contributed by atoms with Crippen LogP contribution < -0.4 is 9.47 Å². The third-order valence-electron chi connectivity index (χ3n) is 5.73. The van der Waals surface area contributed by atoms with Crippen molar-refractivity contribution in [1.29, 1.82) is 0 Å². The van der Waals surface area contributed by atoms with Crippen molar-refractivity contribution in [3.8, 4) is 11.5 Å². The summed E-state index contributed by atoms with van der Waals surface area (Å²) in [4.78, 5) is 12.3. The standard InChI is InChI=1S/C20H22O5/c1-4-7-20-10-17(22-3)14(21)9-18(20)25-19(12(20)2)13-5-6-15-16(8-13)24-11-23-15/h4-6,8-9,12,17,19H,1,7,10-11H2,2-3H3/t12-,17-,19-,20-/m1/s1. The Morgan fingerprint density at radius 1 is 1.36 bits per heavy atom. The number of rotatable bonds is 4. The van der Waals surface area contributed by atoms with E-state index in [0.717, 1.165) is 29.2 Å². The van der Waals surface area contributed by atoms with Crippen molar-refractivity contribution in [2.75, 3.05) is 13.9 Å². The molecule has 2 aliphatic heterocycles. The molecule has 25 heavy (non-hydrogen) atoms. The Hall–Kier alpha value is -2.27. The van der Waals surface area contributed by atoms with E-state index in [4.69, 9.17) is 18.9 Å². The molecule has 1 aromatic rings. The highest BCUT2D eigenvalue weighted by Crippen LogP contribution is 2.59. The van der Waals surface area contributed by atoms with E-state index in [1.165, 1.54) is 0 Å². The smallest absolute Gasteiger partial charge is 0.231 e. The van der Waals surface area contributed by atoms with Gasteiger partial charge < -0.3 is 18.9 Å². The van der Waals surface area contributed by atoms with Gasteiger partial charge in [0, 0.05) is 24.5 Å². The van der Waals surface area contributed by atoms with Crippen molar-refractivity contribution in [2.24, 2.45) is 11.3 Å². The van der Waals surface area contributed by atoms with Crippen LogP contribution in [0.25, 0.3) is 0 Å². The van der Waals surface area contributed by atoms with E-state index in [1.54, 1.807) is 13.2 Å². The van der Waals surface area contributed by atoms with E-state index in [-0.39, 0.29) is 30.0 Å². The van der Waals surface area contributed by atoms with Crippen LogP contribution in [0.15, 0.2) is 42.7 Å². The molecule has 1 aromatic carbocycles. The third kappa shape index (κ3) is 2.37. The lowest BCUT2D eigenvalue weighted by atomic mass is 9.65. The molecule has 0 aromatic heterocycles. The Kier molecular flexibility index (Phi) is 3.84. The molecule has 5 heteroatoms. The molecule has 132 valence electrons. The molecule has 0 spiro atoms. The van der Waals surface area contributed by atoms with Gasteiger partial charge in [0.1, 0.15) is 18.0 Å². The van der Waals surface area contributed by atoms with Crippen molar-refractivity contribution >= 4 is 5.78 Å². The maximum atomic E-state index is 12.3. The summed E-state index contributed by atoms with van der Waals surface area (Å²) in [6.07, 6.45) is 4.30. The minimum Gasteiger partial charge on any atom is -0.489 e. The highest BCUT2D eigenvalue weighted by atomic mass is 16.7. The van der Waals surface area contributed by atoms with Gasteiger partial charge >= 0.3 is 0 Å². The third-order valence-corrected chi connectivity index (χ3v) is 5.73. The number of allylic oxidation sites excluding steroid dienone is 2. The lowest BCUT2D eigenvalue weighted by Gasteiger charge is -2.37. The average molecular weight is 342 g/mol. The first-order chi connectivity index (χ1) is 12.1. The van der Waals surface area contributed by atoms with Crippen LogP contribution in [0.3, 0.4) is 0 Å². The fraction of sp³-hybridized carbons (Fsp3) is 0.450. The summed E-state index contributed by atoms with van der Waals surface area (Å²) in [7, 11) is 1.58. The lowest BCUT2D eigenvalue weighted by Crippen LogP contribution is -2.39. The summed E-state index contributed by atoms with van der Waals surface area (Å²) in [5.41, 5.74) is 0.758. The second-order valence-electron chi connectivity index (χ2n) is 6.93. The molecule has 5 nitrogen and oxygen atoms in total. The summed E-state index contributed by atoms with van der Waals surface area (Å²) in [6.45, 7) is 6.33. The number of ketones is 1. The van der Waals surface area contributed by atoms with Crippen LogP contribution in [0.2, 0.25) is 0 Å². The molecule has 0 N–H and O–H groups in total. The lowest BCUT2D eigenvalue weighted by molar-refractivity contribution is -0.127. The van der Waals surface area contributed by atoms with Gasteiger partial charge in [-0.1, -0.05) is 19.1 Å². The van der Waals surface area contributed by atoms with E-state index in [0.29, 0.717) is 6.42 Å². The van der Waals surface area contributed by atoms with E-state index in [1.807, 2.05) is 24.3 Å². The number of methoxy groups -OCH3 is 1. The Bertz CT molecular complexity index is 752. The topological polar surface area (TPSA) is 54.0 Å². The van der Waals surface area contributed by atoms with Gasteiger partial charge in [-0.2, -0.15) is 0 Å². The Morgan fingerprint density at radius 2 is 2.16 bits per heavy atom. The first-order valence-electron chi connectivity index (χ1n) is 8.55. The van der Waals surface area contributed by atoms with Gasteiger partial charge in [0.15, 0.2) is 17.3 Å². The predicted octanol–water partition coefficient (Wildman–Crippen LogP) is 3.56. The first kappa shape index (κ1) is 16.2. The molecule has 0 unspecified atom stereocenters. The van der Waals surface area contributed by atoms with Gasteiger partial charge in [0.25, 0.3) is 0 Å². The second kappa shape index (κ2) is 5.92. The zero-order valence-electron chi connectivity index (χ0n) is 14.5. The molecule has 1 aliphatic carbocycles. The number of hydrogen-bond donors (Lipinski definition) is 0. The molecule has 0 radical (unpaired) electrons. The zero-order valence-corrected chi connectivity index (χ0v) is 14.5. The van der Waals surface area contributed by atoms with Crippen LogP contribution >= 0.6 is 0 Å². The monoisotopic (exact) mass is 342 g/mol. The summed E-state index contributed by atoms with van der Waals surface area (Å²) in [6, 6.07) is 5.88. The van der Waals surface area contributed by atoms with Crippen LogP contribution in [0.5, 0.6) is 11.5 Å². The van der Waals surface area contributed by atoms with E-state index >= 15 is 0 Å². The fourth-order valence-electron chi connectivity index (χ4n) is 4.26. The normalized spacial score (nSPS) is 32.8. The molecule has 4 rings (SSSR count). The maximum absolute atomic E-state index is 12.3. The predicted molar refractivity (Wildman–Crippen MR) is 91.3 cm³/mol. The second-order valence-corrected chi connectivity index (χ2v) is 6.93. The van der Waals surface area contributed by atoms with Crippen LogP contribution in [-0.2, 0) is 14.3 Å². The fourth-order valence-corrected chi connectivity index (χ4v) is 4.26. The van der Waals surface area contributed by atoms with Crippen LogP contribution in [0.4, 0.5) is 0 Å². The molecule has 4 atom stereocenters. The summed E-state index contributed by atoms with van der Waals surface area (Å²) < 4.78 is 22.6. The van der Waals surface area contributed by atoms with E-state index in [2.05, 4.69) is 13.5 Å². The van der Waals surface area contributed by atoms with E-state index in [9.17, 15) is 4.79 Å². The van der Waals surface area contributed by atoms with E-state index < -0.39 is 6.10 Å². The summed E-state index contributed by atoms with van der Waals surface area (Å²) >= 11 is 0. The van der Waals surface area contributed by atoms with Crippen molar-refractivity contribution in [1.82, 2.24) is 0 Å². The van der Waals surface area contributed by atoms with Crippen LogP contribution in [0.1, 0.15) is 31.4 Å². The molecule has 0 bridgehead atoms. The highest BCUT2D eigenvalue weighted by Gasteiger charge is 2.55. The molecule has 3 aliphatic rings. The molecule has 1 saturated heterocycles. The summed E-state index contributed by atoms with van der Waals surface area (Å²) in [5, 5.41) is 0. The molecular weight excluding hydrogens is 320 g/mol. The summed E-state index contributed by atoms with van der Waals surface area (Å²) in [5.74, 6) is 2.38. The van der Waals surface area contributed by atoms with Gasteiger partial charge in [0.05, 0.1) is 0 Å². The SMILES string of the molecule is C=CC[C@]12C[C@@H](OC)C(=O)C=C1O[C@@H](c1ccc3c(c1)OCO3)[C@H]2C. The van der Waals surface area contributed by atoms with Gasteiger partial charge in [-0.3, -0.25) is 4.79 Å². The first-order valence-corrected chi connectivity index (χ1v) is 8.55. The Morgan fingerprint density at radius 3 is 2.92 bits per heavy atom. The quantitative estimate of drug-likeness (QED) is 0.783. The number of fused-ring (bicyclic) bond motifs is 2. The molecule has 1 fully saturated rings. The number of carbonyl (C=O) groups excluding carboxylic acids is 1. The molecule has 0 saturated carbocycles. The minimum atomic E-state index is -0.426. The number of carbonyl (C=O) groups is 1. The number of benzene rings is 1. The van der Waals surface area contributed by atoms with Crippen molar-refractivity contribution in [3.05, 3.63) is 48.3 Å². The van der Waals surface area contributed by atoms with Crippen molar-refractivity contribution in [3.63, 3.8) is 0 Å². The van der Waals surface area contributed by atoms with Gasteiger partial charge in [-0.25, -0.2) is 0 Å². The maximum Gasteiger partial charge on any atom is 0.231 e. The van der Waals surface area contributed by atoms with Crippen LogP contribution in [-0.4, -0.2) is 25.8 Å². The van der Waals surface area contributed by atoms with Crippen molar-refractivity contribution in [2.45, 2.75) is 32.0 Å². The van der Waals surface area contributed by atoms with Gasteiger partial charge in [-0.05, 0) is 30.5 Å². The Labute approximate surface area is 147 Å². The molecule has 0 amide bonds. The van der Waals surface area contributed by atoms with Crippen LogP contribution in [0, 0.1) is 11.3 Å². The zero-order chi connectivity index (χ0) is 17.6. The molecular formula is C20H22O5. The number of hydrogen-bond acceptors (Lipinski definition) is 5. The van der Waals surface area contributed by atoms with Gasteiger partial charge in [0.2, 0.25) is 6.79 Å². The largest absolute Gasteiger partial charge is 0.489 e. The highest BCUT2D eigenvalue weighted by molar-refractivity contribution is 5.95. The average Bonchev–Trinajstić information content (AvgIpc) is 3.18. The minimum absolute atomic E-state index is 0.0317. The number of ether oxygens (including phenoxy) is 4. The van der Waals surface area contributed by atoms with Crippen molar-refractivity contribution < 1.29 is 23.7 Å². The Balaban J connectivity index is 1.73. The van der Waals surface area contributed by atoms with Gasteiger partial charge in [-0.15, -0.1) is 6.58 Å².